The molecule has 1 atom stereocenters. The van der Waals surface area contributed by atoms with Gasteiger partial charge in [-0.3, -0.25) is 4.90 Å². The minimum absolute atomic E-state index is 0.427. The maximum Gasteiger partial charge on any atom is 0.0236 e. The Balaban J connectivity index is 1.72. The van der Waals surface area contributed by atoms with Gasteiger partial charge in [0.15, 0.2) is 0 Å². The molecule has 0 saturated carbocycles. The van der Waals surface area contributed by atoms with E-state index in [4.69, 9.17) is 5.73 Å². The minimum atomic E-state index is 0.427. The molecule has 0 spiro atoms. The van der Waals surface area contributed by atoms with Gasteiger partial charge in [-0.15, -0.1) is 0 Å². The summed E-state index contributed by atoms with van der Waals surface area (Å²) in [5, 5.41) is 0. The van der Waals surface area contributed by atoms with Crippen molar-refractivity contribution < 1.29 is 0 Å². The van der Waals surface area contributed by atoms with Crippen LogP contribution in [-0.2, 0) is 13.0 Å². The van der Waals surface area contributed by atoms with Crippen LogP contribution >= 0.6 is 0 Å². The van der Waals surface area contributed by atoms with Crippen LogP contribution in [0.15, 0.2) is 54.6 Å². The normalized spacial score (nSPS) is 17.0. The van der Waals surface area contributed by atoms with Crippen molar-refractivity contribution in [2.45, 2.75) is 25.3 Å². The Morgan fingerprint density at radius 2 is 1.67 bits per heavy atom. The van der Waals surface area contributed by atoms with Crippen LogP contribution in [0.3, 0.4) is 0 Å². The molecular weight excluding hydrogens is 256 g/mol. The van der Waals surface area contributed by atoms with E-state index < -0.39 is 0 Å². The number of hydrogen-bond donors (Lipinski definition) is 1. The molecule has 2 nitrogen and oxygen atoms in total. The van der Waals surface area contributed by atoms with Gasteiger partial charge in [-0.05, 0) is 36.1 Å². The summed E-state index contributed by atoms with van der Waals surface area (Å²) in [7, 11) is 0. The van der Waals surface area contributed by atoms with Crippen LogP contribution in [0, 0.1) is 0 Å². The molecule has 0 bridgehead atoms. The van der Waals surface area contributed by atoms with E-state index in [1.54, 1.807) is 0 Å². The van der Waals surface area contributed by atoms with Crippen molar-refractivity contribution in [2.24, 2.45) is 5.73 Å². The third kappa shape index (κ3) is 3.52. The molecule has 0 saturated heterocycles. The number of hydrogen-bond acceptors (Lipinski definition) is 2. The van der Waals surface area contributed by atoms with E-state index in [2.05, 4.69) is 59.5 Å². The lowest BCUT2D eigenvalue weighted by Crippen LogP contribution is -2.31. The van der Waals surface area contributed by atoms with E-state index >= 15 is 0 Å². The molecule has 2 heteroatoms. The molecule has 0 amide bonds. The van der Waals surface area contributed by atoms with Crippen LogP contribution in [-0.4, -0.2) is 24.5 Å². The van der Waals surface area contributed by atoms with Gasteiger partial charge in [0.05, 0.1) is 0 Å². The number of aryl methyl sites for hydroxylation is 1. The zero-order valence-electron chi connectivity index (χ0n) is 12.5. The van der Waals surface area contributed by atoms with E-state index in [0.29, 0.717) is 12.5 Å². The Hall–Kier alpha value is -1.64. The lowest BCUT2D eigenvalue weighted by Gasteiger charge is -2.26. The molecule has 0 aliphatic carbocycles. The summed E-state index contributed by atoms with van der Waals surface area (Å²) in [4.78, 5) is 2.57. The first kappa shape index (κ1) is 14.3. The Bertz CT molecular complexity index is 565. The lowest BCUT2D eigenvalue weighted by molar-refractivity contribution is 0.253. The zero-order valence-corrected chi connectivity index (χ0v) is 12.5. The Morgan fingerprint density at radius 3 is 2.43 bits per heavy atom. The predicted molar refractivity (Wildman–Crippen MR) is 88.3 cm³/mol. The maximum atomic E-state index is 6.03. The molecule has 21 heavy (non-hydrogen) atoms. The van der Waals surface area contributed by atoms with Crippen molar-refractivity contribution in [3.8, 4) is 0 Å². The topological polar surface area (TPSA) is 29.3 Å². The highest BCUT2D eigenvalue weighted by Crippen LogP contribution is 2.22. The Morgan fingerprint density at radius 1 is 0.952 bits per heavy atom. The van der Waals surface area contributed by atoms with Crippen LogP contribution < -0.4 is 5.73 Å². The third-order valence-electron chi connectivity index (χ3n) is 4.47. The van der Waals surface area contributed by atoms with Crippen molar-refractivity contribution in [3.63, 3.8) is 0 Å². The molecule has 2 aromatic rings. The molecule has 1 unspecified atom stereocenters. The fraction of sp³-hybridized carbons (Fsp3) is 0.368. The van der Waals surface area contributed by atoms with Gasteiger partial charge < -0.3 is 5.73 Å². The number of rotatable bonds is 4. The molecule has 110 valence electrons. The molecule has 3 rings (SSSR count). The number of benzene rings is 2. The quantitative estimate of drug-likeness (QED) is 0.932. The number of nitrogens with zero attached hydrogens (tertiary/aromatic N) is 1. The molecule has 1 aliphatic rings. The number of fused-ring (bicyclic) bond motifs is 1. The van der Waals surface area contributed by atoms with Crippen LogP contribution in [0.5, 0.6) is 0 Å². The van der Waals surface area contributed by atoms with Crippen LogP contribution in [0.2, 0.25) is 0 Å². The molecule has 0 radical (unpaired) electrons. The van der Waals surface area contributed by atoms with Gasteiger partial charge in [-0.1, -0.05) is 54.6 Å². The predicted octanol–water partition coefficient (Wildman–Crippen LogP) is 3.18. The highest BCUT2D eigenvalue weighted by Gasteiger charge is 2.18. The van der Waals surface area contributed by atoms with Crippen molar-refractivity contribution in [2.75, 3.05) is 19.6 Å². The van der Waals surface area contributed by atoms with Gasteiger partial charge >= 0.3 is 0 Å². The second-order valence-electron chi connectivity index (χ2n) is 5.95. The van der Waals surface area contributed by atoms with Gasteiger partial charge in [0.1, 0.15) is 0 Å². The first-order valence-corrected chi connectivity index (χ1v) is 7.91. The van der Waals surface area contributed by atoms with Crippen molar-refractivity contribution in [3.05, 3.63) is 71.3 Å². The first-order valence-electron chi connectivity index (χ1n) is 7.91. The van der Waals surface area contributed by atoms with E-state index in [1.165, 1.54) is 29.5 Å². The highest BCUT2D eigenvalue weighted by molar-refractivity contribution is 5.28. The van der Waals surface area contributed by atoms with Gasteiger partial charge in [0.25, 0.3) is 0 Å². The maximum absolute atomic E-state index is 6.03. The molecule has 2 N–H and O–H groups in total. The molecule has 0 aromatic heterocycles. The molecule has 2 aromatic carbocycles. The van der Waals surface area contributed by atoms with Crippen LogP contribution in [0.4, 0.5) is 0 Å². The third-order valence-corrected chi connectivity index (χ3v) is 4.47. The van der Waals surface area contributed by atoms with E-state index in [9.17, 15) is 0 Å². The van der Waals surface area contributed by atoms with Crippen molar-refractivity contribution in [1.82, 2.24) is 4.90 Å². The molecular formula is C19H24N2. The van der Waals surface area contributed by atoms with Gasteiger partial charge in [0.2, 0.25) is 0 Å². The monoisotopic (exact) mass is 280 g/mol. The Kier molecular flexibility index (Phi) is 4.69. The molecule has 1 heterocycles. The average molecular weight is 280 g/mol. The van der Waals surface area contributed by atoms with Crippen LogP contribution in [0.25, 0.3) is 0 Å². The number of nitrogens with two attached hydrogens (primary N) is 1. The lowest BCUT2D eigenvalue weighted by atomic mass is 9.98. The summed E-state index contributed by atoms with van der Waals surface area (Å²) >= 11 is 0. The summed E-state index contributed by atoms with van der Waals surface area (Å²) in [5.74, 6) is 0.427. The van der Waals surface area contributed by atoms with Crippen molar-refractivity contribution >= 4 is 0 Å². The fourth-order valence-corrected chi connectivity index (χ4v) is 3.28. The van der Waals surface area contributed by atoms with Crippen LogP contribution in [0.1, 0.15) is 29.0 Å². The van der Waals surface area contributed by atoms with Gasteiger partial charge in [0, 0.05) is 25.6 Å². The van der Waals surface area contributed by atoms with Gasteiger partial charge in [-0.2, -0.15) is 0 Å². The minimum Gasteiger partial charge on any atom is -0.330 e. The first-order chi connectivity index (χ1) is 10.4. The second kappa shape index (κ2) is 6.88. The van der Waals surface area contributed by atoms with Crippen molar-refractivity contribution in [1.29, 1.82) is 0 Å². The summed E-state index contributed by atoms with van der Waals surface area (Å²) in [5.41, 5.74) is 10.4. The highest BCUT2D eigenvalue weighted by atomic mass is 15.1. The summed E-state index contributed by atoms with van der Waals surface area (Å²) in [6, 6.07) is 19.5. The largest absolute Gasteiger partial charge is 0.330 e. The second-order valence-corrected chi connectivity index (χ2v) is 5.95. The standard InChI is InChI=1S/C19H24N2/c20-13-19(17-7-2-1-3-8-17)15-21-12-6-11-16-9-4-5-10-18(16)14-21/h1-5,7-10,19H,6,11-15,20H2. The fourth-order valence-electron chi connectivity index (χ4n) is 3.28. The van der Waals surface area contributed by atoms with E-state index in [0.717, 1.165) is 19.6 Å². The SMILES string of the molecule is NCC(CN1CCCc2ccccc2C1)c1ccccc1. The zero-order chi connectivity index (χ0) is 14.5. The average Bonchev–Trinajstić information content (AvgIpc) is 2.75. The molecule has 0 fully saturated rings. The summed E-state index contributed by atoms with van der Waals surface area (Å²) in [6.45, 7) is 3.98. The Labute approximate surface area is 127 Å². The van der Waals surface area contributed by atoms with Gasteiger partial charge in [-0.25, -0.2) is 0 Å². The molecule has 1 aliphatic heterocycles. The van der Waals surface area contributed by atoms with E-state index in [-0.39, 0.29) is 0 Å². The summed E-state index contributed by atoms with van der Waals surface area (Å²) < 4.78 is 0. The smallest absolute Gasteiger partial charge is 0.0236 e. The summed E-state index contributed by atoms with van der Waals surface area (Å²) in [6.07, 6.45) is 2.44. The van der Waals surface area contributed by atoms with E-state index in [1.807, 2.05) is 0 Å².